The monoisotopic (exact) mass is 325 g/mol. The number of nitrogens with two attached hydrogens (primary N) is 1. The molecular weight excluding hydrogens is 313 g/mol. The minimum Gasteiger partial charge on any atom is -0.483 e. The quantitative estimate of drug-likeness (QED) is 0.752. The fourth-order valence-corrected chi connectivity index (χ4v) is 3.52. The highest BCUT2D eigenvalue weighted by molar-refractivity contribution is 7.20. The van der Waals surface area contributed by atoms with Crippen LogP contribution >= 0.6 is 34.5 Å². The maximum atomic E-state index is 6.27. The van der Waals surface area contributed by atoms with Crippen molar-refractivity contribution in [3.8, 4) is 16.9 Å². The number of rotatable bonds is 1. The SMILES string of the molecule is CC1(C)C=Cc2cc(Cl)cc(-c3cc(N)sc3Cl)c2O1. The second-order valence-corrected chi connectivity index (χ2v) is 7.37. The Balaban J connectivity index is 2.25. The first-order valence-corrected chi connectivity index (χ1v) is 7.70. The van der Waals surface area contributed by atoms with Crippen molar-refractivity contribution in [1.82, 2.24) is 0 Å². The Morgan fingerprint density at radius 1 is 1.15 bits per heavy atom. The fraction of sp³-hybridized carbons (Fsp3) is 0.200. The summed E-state index contributed by atoms with van der Waals surface area (Å²) in [6.45, 7) is 4.02. The molecule has 20 heavy (non-hydrogen) atoms. The molecule has 5 heteroatoms. The molecule has 0 spiro atoms. The summed E-state index contributed by atoms with van der Waals surface area (Å²) in [6.07, 6.45) is 4.04. The summed E-state index contributed by atoms with van der Waals surface area (Å²) >= 11 is 13.8. The lowest BCUT2D eigenvalue weighted by molar-refractivity contribution is 0.160. The van der Waals surface area contributed by atoms with E-state index in [0.717, 1.165) is 22.4 Å². The predicted molar refractivity (Wildman–Crippen MR) is 87.9 cm³/mol. The summed E-state index contributed by atoms with van der Waals surface area (Å²) in [5, 5.41) is 1.32. The highest BCUT2D eigenvalue weighted by Gasteiger charge is 2.26. The highest BCUT2D eigenvalue weighted by Crippen LogP contribution is 2.46. The maximum Gasteiger partial charge on any atom is 0.135 e. The lowest BCUT2D eigenvalue weighted by Gasteiger charge is -2.29. The van der Waals surface area contributed by atoms with Crippen molar-refractivity contribution in [3.63, 3.8) is 0 Å². The third-order valence-corrected chi connectivity index (χ3v) is 4.51. The van der Waals surface area contributed by atoms with E-state index in [0.29, 0.717) is 14.4 Å². The molecule has 0 unspecified atom stereocenters. The Bertz CT molecular complexity index is 719. The molecule has 0 atom stereocenters. The zero-order valence-electron chi connectivity index (χ0n) is 11.0. The van der Waals surface area contributed by atoms with Gasteiger partial charge in [0.25, 0.3) is 0 Å². The van der Waals surface area contributed by atoms with E-state index < -0.39 is 0 Å². The molecule has 1 aliphatic heterocycles. The normalized spacial score (nSPS) is 15.8. The van der Waals surface area contributed by atoms with Gasteiger partial charge in [0.15, 0.2) is 0 Å². The van der Waals surface area contributed by atoms with Crippen LogP contribution in [-0.4, -0.2) is 5.60 Å². The van der Waals surface area contributed by atoms with Gasteiger partial charge in [0, 0.05) is 21.7 Å². The van der Waals surface area contributed by atoms with Gasteiger partial charge in [0.05, 0.1) is 5.00 Å². The molecule has 0 aliphatic carbocycles. The molecule has 2 nitrogen and oxygen atoms in total. The Kier molecular flexibility index (Phi) is 3.24. The first-order valence-electron chi connectivity index (χ1n) is 6.13. The van der Waals surface area contributed by atoms with Crippen LogP contribution in [0.15, 0.2) is 24.3 Å². The topological polar surface area (TPSA) is 35.2 Å². The van der Waals surface area contributed by atoms with E-state index in [2.05, 4.69) is 0 Å². The number of anilines is 1. The standard InChI is InChI=1S/C15H13Cl2NOS/c1-15(2)4-3-8-5-9(16)6-10(13(8)19-15)11-7-12(18)20-14(11)17/h3-7H,18H2,1-2H3. The van der Waals surface area contributed by atoms with E-state index in [1.807, 2.05) is 44.2 Å². The Morgan fingerprint density at radius 3 is 2.55 bits per heavy atom. The molecule has 0 amide bonds. The molecule has 0 saturated heterocycles. The van der Waals surface area contributed by atoms with Crippen molar-refractivity contribution in [2.75, 3.05) is 5.73 Å². The van der Waals surface area contributed by atoms with Gasteiger partial charge in [-0.25, -0.2) is 0 Å². The molecule has 1 aromatic heterocycles. The largest absolute Gasteiger partial charge is 0.483 e. The van der Waals surface area contributed by atoms with Crippen LogP contribution in [-0.2, 0) is 0 Å². The van der Waals surface area contributed by atoms with Crippen molar-refractivity contribution in [3.05, 3.63) is 39.2 Å². The molecule has 1 aromatic carbocycles. The summed E-state index contributed by atoms with van der Waals surface area (Å²) in [5.74, 6) is 0.793. The van der Waals surface area contributed by atoms with Crippen LogP contribution in [0.1, 0.15) is 19.4 Å². The molecule has 104 valence electrons. The lowest BCUT2D eigenvalue weighted by Crippen LogP contribution is -2.27. The third kappa shape index (κ3) is 2.41. The fourth-order valence-electron chi connectivity index (χ4n) is 2.21. The predicted octanol–water partition coefficient (Wildman–Crippen LogP) is 5.49. The third-order valence-electron chi connectivity index (χ3n) is 3.11. The Morgan fingerprint density at radius 2 is 1.90 bits per heavy atom. The van der Waals surface area contributed by atoms with Crippen LogP contribution in [0.5, 0.6) is 5.75 Å². The average molecular weight is 326 g/mol. The van der Waals surface area contributed by atoms with Crippen molar-refractivity contribution >= 4 is 45.6 Å². The van der Waals surface area contributed by atoms with Gasteiger partial charge in [-0.1, -0.05) is 29.3 Å². The van der Waals surface area contributed by atoms with E-state index in [4.69, 9.17) is 33.7 Å². The molecule has 0 radical (unpaired) electrons. The van der Waals surface area contributed by atoms with Crippen LogP contribution < -0.4 is 10.5 Å². The van der Waals surface area contributed by atoms with E-state index in [-0.39, 0.29) is 5.60 Å². The summed E-state index contributed by atoms with van der Waals surface area (Å²) in [4.78, 5) is 0. The van der Waals surface area contributed by atoms with Gasteiger partial charge in [-0.2, -0.15) is 0 Å². The van der Waals surface area contributed by atoms with Crippen LogP contribution in [0, 0.1) is 0 Å². The molecule has 0 fully saturated rings. The van der Waals surface area contributed by atoms with E-state index in [1.165, 1.54) is 11.3 Å². The second-order valence-electron chi connectivity index (χ2n) is 5.25. The average Bonchev–Trinajstić information content (AvgIpc) is 2.67. The molecule has 3 rings (SSSR count). The van der Waals surface area contributed by atoms with E-state index in [9.17, 15) is 0 Å². The number of benzene rings is 1. The number of nitrogen functional groups attached to an aromatic ring is 1. The Labute approximate surface area is 131 Å². The zero-order chi connectivity index (χ0) is 14.5. The van der Waals surface area contributed by atoms with Gasteiger partial charge >= 0.3 is 0 Å². The van der Waals surface area contributed by atoms with Crippen molar-refractivity contribution < 1.29 is 4.74 Å². The number of fused-ring (bicyclic) bond motifs is 1. The van der Waals surface area contributed by atoms with Crippen molar-refractivity contribution in [2.24, 2.45) is 0 Å². The van der Waals surface area contributed by atoms with Crippen LogP contribution in [0.4, 0.5) is 5.00 Å². The smallest absolute Gasteiger partial charge is 0.135 e. The van der Waals surface area contributed by atoms with E-state index >= 15 is 0 Å². The first-order chi connectivity index (χ1) is 9.35. The highest BCUT2D eigenvalue weighted by atomic mass is 35.5. The Hall–Kier alpha value is -1.16. The second kappa shape index (κ2) is 4.69. The van der Waals surface area contributed by atoms with Gasteiger partial charge in [-0.15, -0.1) is 11.3 Å². The number of hydrogen-bond donors (Lipinski definition) is 1. The zero-order valence-corrected chi connectivity index (χ0v) is 13.4. The van der Waals surface area contributed by atoms with Gasteiger partial charge < -0.3 is 10.5 Å². The summed E-state index contributed by atoms with van der Waals surface area (Å²) in [7, 11) is 0. The van der Waals surface area contributed by atoms with Gasteiger partial charge in [-0.3, -0.25) is 0 Å². The number of thiophene rings is 1. The summed E-state index contributed by atoms with van der Waals surface area (Å²) in [6, 6.07) is 5.60. The molecule has 2 heterocycles. The minimum absolute atomic E-state index is 0.358. The molecule has 0 saturated carbocycles. The van der Waals surface area contributed by atoms with Gasteiger partial charge in [0.2, 0.25) is 0 Å². The molecule has 1 aliphatic rings. The molecule has 2 N–H and O–H groups in total. The first kappa shape index (κ1) is 13.8. The number of halogens is 2. The van der Waals surface area contributed by atoms with E-state index in [1.54, 1.807) is 0 Å². The number of hydrogen-bond acceptors (Lipinski definition) is 3. The summed E-state index contributed by atoms with van der Waals surface area (Å²) in [5.41, 5.74) is 8.16. The van der Waals surface area contributed by atoms with Gasteiger partial charge in [0.1, 0.15) is 15.7 Å². The molecule has 0 bridgehead atoms. The number of ether oxygens (including phenoxy) is 1. The van der Waals surface area contributed by atoms with Crippen molar-refractivity contribution in [2.45, 2.75) is 19.4 Å². The molecule has 2 aromatic rings. The maximum absolute atomic E-state index is 6.27. The van der Waals surface area contributed by atoms with Crippen LogP contribution in [0.2, 0.25) is 9.36 Å². The lowest BCUT2D eigenvalue weighted by atomic mass is 9.97. The van der Waals surface area contributed by atoms with Gasteiger partial charge in [-0.05, 0) is 38.1 Å². The van der Waals surface area contributed by atoms with Crippen LogP contribution in [0.25, 0.3) is 17.2 Å². The van der Waals surface area contributed by atoms with Crippen molar-refractivity contribution in [1.29, 1.82) is 0 Å². The summed E-state index contributed by atoms with van der Waals surface area (Å²) < 4.78 is 6.73. The molecular formula is C15H13Cl2NOS. The minimum atomic E-state index is -0.358. The van der Waals surface area contributed by atoms with Crippen LogP contribution in [0.3, 0.4) is 0 Å².